The first kappa shape index (κ1) is 21.0. The van der Waals surface area contributed by atoms with Gasteiger partial charge in [-0.15, -0.1) is 0 Å². The van der Waals surface area contributed by atoms with Crippen LogP contribution < -0.4 is 15.8 Å². The Bertz CT molecular complexity index is 1390. The number of benzene rings is 2. The van der Waals surface area contributed by atoms with Gasteiger partial charge >= 0.3 is 5.97 Å². The second-order valence-corrected chi connectivity index (χ2v) is 9.23. The number of carbonyl (C=O) groups is 1. The smallest absolute Gasteiger partial charge is 0.337 e. The number of aromatic nitrogens is 2. The topological polar surface area (TPSA) is 111 Å². The molecule has 0 spiro atoms. The summed E-state index contributed by atoms with van der Waals surface area (Å²) in [5.41, 5.74) is 3.06. The van der Waals surface area contributed by atoms with E-state index in [1.807, 2.05) is 32.0 Å². The Morgan fingerprint density at radius 1 is 1.27 bits per heavy atom. The van der Waals surface area contributed by atoms with Crippen LogP contribution in [-0.4, -0.2) is 33.7 Å². The van der Waals surface area contributed by atoms with Gasteiger partial charge in [0, 0.05) is 25.7 Å². The maximum atomic E-state index is 13.3. The highest BCUT2D eigenvalue weighted by molar-refractivity contribution is 5.95. The highest BCUT2D eigenvalue weighted by Gasteiger charge is 2.46. The van der Waals surface area contributed by atoms with Crippen molar-refractivity contribution in [2.24, 2.45) is 18.9 Å². The molecule has 3 aromatic rings. The highest BCUT2D eigenvalue weighted by atomic mass is 16.4. The van der Waals surface area contributed by atoms with E-state index in [4.69, 9.17) is 4.98 Å². The predicted molar refractivity (Wildman–Crippen MR) is 126 cm³/mol. The Morgan fingerprint density at radius 3 is 2.67 bits per heavy atom. The molecule has 0 radical (unpaired) electrons. The molecule has 33 heavy (non-hydrogen) atoms. The number of hydrogen-bond acceptors (Lipinski definition) is 6. The molecule has 2 N–H and O–H groups in total. The third-order valence-electron chi connectivity index (χ3n) is 6.81. The Morgan fingerprint density at radius 2 is 2.00 bits per heavy atom. The monoisotopic (exact) mass is 443 g/mol. The quantitative estimate of drug-likeness (QED) is 0.621. The zero-order valence-electron chi connectivity index (χ0n) is 18.8. The van der Waals surface area contributed by atoms with Crippen LogP contribution in [0.4, 0.5) is 11.6 Å². The molecule has 168 valence electrons. The van der Waals surface area contributed by atoms with E-state index < -0.39 is 5.97 Å². The van der Waals surface area contributed by atoms with Gasteiger partial charge in [0.05, 0.1) is 39.8 Å². The molecular weight excluding hydrogens is 418 g/mol. The fourth-order valence-corrected chi connectivity index (χ4v) is 4.95. The number of anilines is 2. The number of fused-ring (bicyclic) bond motifs is 2. The fourth-order valence-electron chi connectivity index (χ4n) is 4.95. The Kier molecular flexibility index (Phi) is 4.85. The van der Waals surface area contributed by atoms with Gasteiger partial charge in [0.1, 0.15) is 0 Å². The number of rotatable bonds is 5. The van der Waals surface area contributed by atoms with Crippen LogP contribution in [0.1, 0.15) is 46.4 Å². The van der Waals surface area contributed by atoms with Gasteiger partial charge in [0.15, 0.2) is 0 Å². The molecule has 3 unspecified atom stereocenters. The molecular formula is C25H25N5O3. The van der Waals surface area contributed by atoms with Crippen LogP contribution in [-0.2, 0) is 7.05 Å². The van der Waals surface area contributed by atoms with Gasteiger partial charge in [-0.25, -0.2) is 9.78 Å². The summed E-state index contributed by atoms with van der Waals surface area (Å²) in [5.74, 6) is 1.01. The summed E-state index contributed by atoms with van der Waals surface area (Å²) >= 11 is 0. The third kappa shape index (κ3) is 3.59. The van der Waals surface area contributed by atoms with Crippen molar-refractivity contribution in [3.05, 3.63) is 62.9 Å². The molecule has 2 aromatic carbocycles. The Labute approximate surface area is 191 Å². The largest absolute Gasteiger partial charge is 0.478 e. The van der Waals surface area contributed by atoms with E-state index >= 15 is 0 Å². The molecule has 8 nitrogen and oxygen atoms in total. The average molecular weight is 444 g/mol. The normalized spacial score (nSPS) is 19.8. The maximum absolute atomic E-state index is 13.3. The summed E-state index contributed by atoms with van der Waals surface area (Å²) in [6, 6.07) is 9.98. The molecule has 1 aromatic heterocycles. The summed E-state index contributed by atoms with van der Waals surface area (Å²) in [6.07, 6.45) is 1.26. The standard InChI is InChI=1S/C25H25N5O3/c1-13-6-19(14(2)27-21-8-15(10-26)4-5-18(21)24(32)33)22-20(7-13)23(31)29(3)25(28-22)30-11-16-9-17(16)12-30/h4-8,14,16-17,27H,9,11-12H2,1-3H3,(H,32,33). The lowest BCUT2D eigenvalue weighted by atomic mass is 10.00. The van der Waals surface area contributed by atoms with Gasteiger partial charge in [-0.05, 0) is 61.9 Å². The fraction of sp³-hybridized carbons (Fsp3) is 0.360. The van der Waals surface area contributed by atoms with Gasteiger partial charge in [0.25, 0.3) is 5.56 Å². The van der Waals surface area contributed by atoms with Crippen molar-refractivity contribution in [3.63, 3.8) is 0 Å². The van der Waals surface area contributed by atoms with Crippen LogP contribution in [0.15, 0.2) is 35.1 Å². The lowest BCUT2D eigenvalue weighted by Crippen LogP contribution is -2.31. The highest BCUT2D eigenvalue weighted by Crippen LogP contribution is 2.46. The van der Waals surface area contributed by atoms with Crippen molar-refractivity contribution >= 4 is 28.5 Å². The van der Waals surface area contributed by atoms with E-state index in [2.05, 4.69) is 10.2 Å². The summed E-state index contributed by atoms with van der Waals surface area (Å²) in [7, 11) is 1.77. The van der Waals surface area contributed by atoms with Crippen LogP contribution in [0, 0.1) is 30.1 Å². The Balaban J connectivity index is 1.61. The molecule has 0 amide bonds. The molecule has 8 heteroatoms. The first-order valence-corrected chi connectivity index (χ1v) is 11.1. The van der Waals surface area contributed by atoms with Crippen LogP contribution in [0.3, 0.4) is 0 Å². The number of aryl methyl sites for hydroxylation is 1. The number of nitrogens with zero attached hydrogens (tertiary/aromatic N) is 4. The van der Waals surface area contributed by atoms with Crippen LogP contribution >= 0.6 is 0 Å². The van der Waals surface area contributed by atoms with Crippen molar-refractivity contribution in [2.75, 3.05) is 23.3 Å². The van der Waals surface area contributed by atoms with Crippen molar-refractivity contribution in [3.8, 4) is 6.07 Å². The number of hydrogen-bond donors (Lipinski definition) is 2. The predicted octanol–water partition coefficient (Wildman–Crippen LogP) is 3.44. The number of piperidine rings is 1. The zero-order chi connectivity index (χ0) is 23.4. The molecule has 1 saturated carbocycles. The van der Waals surface area contributed by atoms with E-state index in [-0.39, 0.29) is 17.2 Å². The van der Waals surface area contributed by atoms with E-state index in [0.717, 1.165) is 24.2 Å². The molecule has 3 atom stereocenters. The van der Waals surface area contributed by atoms with Crippen LogP contribution in [0.2, 0.25) is 0 Å². The summed E-state index contributed by atoms with van der Waals surface area (Å²) in [6.45, 7) is 5.68. The number of carboxylic acid groups (broad SMARTS) is 1. The van der Waals surface area contributed by atoms with Gasteiger partial charge in [-0.2, -0.15) is 5.26 Å². The van der Waals surface area contributed by atoms with Crippen molar-refractivity contribution in [1.82, 2.24) is 9.55 Å². The van der Waals surface area contributed by atoms with Gasteiger partial charge in [0.2, 0.25) is 5.95 Å². The molecule has 2 aliphatic rings. The van der Waals surface area contributed by atoms with E-state index in [9.17, 15) is 20.0 Å². The van der Waals surface area contributed by atoms with Crippen molar-refractivity contribution < 1.29 is 9.90 Å². The minimum absolute atomic E-state index is 0.0821. The second kappa shape index (κ2) is 7.62. The zero-order valence-corrected chi connectivity index (χ0v) is 18.8. The second-order valence-electron chi connectivity index (χ2n) is 9.23. The minimum atomic E-state index is -1.08. The van der Waals surface area contributed by atoms with E-state index in [1.165, 1.54) is 24.6 Å². The first-order chi connectivity index (χ1) is 15.8. The molecule has 1 saturated heterocycles. The van der Waals surface area contributed by atoms with Gasteiger partial charge in [-0.3, -0.25) is 9.36 Å². The molecule has 2 fully saturated rings. The molecule has 1 aliphatic carbocycles. The van der Waals surface area contributed by atoms with Crippen LogP contribution in [0.5, 0.6) is 0 Å². The SMILES string of the molecule is Cc1cc(C(C)Nc2cc(C#N)ccc2C(=O)O)c2nc(N3CC4CC4C3)n(C)c(=O)c2c1. The van der Waals surface area contributed by atoms with E-state index in [0.29, 0.717) is 39.9 Å². The summed E-state index contributed by atoms with van der Waals surface area (Å²) in [5, 5.41) is 22.6. The lowest BCUT2D eigenvalue weighted by molar-refractivity contribution is 0.0698. The molecule has 0 bridgehead atoms. The molecule has 5 rings (SSSR count). The molecule has 1 aliphatic heterocycles. The number of nitriles is 1. The van der Waals surface area contributed by atoms with Gasteiger partial charge in [-0.1, -0.05) is 6.07 Å². The number of aromatic carboxylic acids is 1. The summed E-state index contributed by atoms with van der Waals surface area (Å²) < 4.78 is 1.63. The van der Waals surface area contributed by atoms with Crippen molar-refractivity contribution in [1.29, 1.82) is 5.26 Å². The van der Waals surface area contributed by atoms with Crippen LogP contribution in [0.25, 0.3) is 10.9 Å². The van der Waals surface area contributed by atoms with Crippen molar-refractivity contribution in [2.45, 2.75) is 26.3 Å². The minimum Gasteiger partial charge on any atom is -0.478 e. The molecule has 2 heterocycles. The first-order valence-electron chi connectivity index (χ1n) is 11.1. The summed E-state index contributed by atoms with van der Waals surface area (Å²) in [4.78, 5) is 32.1. The Hall–Kier alpha value is -3.86. The van der Waals surface area contributed by atoms with E-state index in [1.54, 1.807) is 11.6 Å². The van der Waals surface area contributed by atoms with Gasteiger partial charge < -0.3 is 15.3 Å². The lowest BCUT2D eigenvalue weighted by Gasteiger charge is -2.24. The maximum Gasteiger partial charge on any atom is 0.337 e. The third-order valence-corrected chi connectivity index (χ3v) is 6.81. The average Bonchev–Trinajstić information content (AvgIpc) is 3.40. The number of nitrogens with one attached hydrogen (secondary N) is 1. The number of carboxylic acids is 1.